The van der Waals surface area contributed by atoms with E-state index in [9.17, 15) is 0 Å². The largest absolute Gasteiger partial charge is 0.370 e. The second-order valence-electron chi connectivity index (χ2n) is 4.38. The van der Waals surface area contributed by atoms with Crippen LogP contribution in [0.2, 0.25) is 0 Å². The molecule has 0 amide bonds. The van der Waals surface area contributed by atoms with Gasteiger partial charge in [0.15, 0.2) is 0 Å². The van der Waals surface area contributed by atoms with E-state index < -0.39 is 0 Å². The Balaban J connectivity index is 1.75. The SMILES string of the molecule is NC1C=CC(c2nc(C3CCCO3)no2)C1. The molecule has 5 nitrogen and oxygen atoms in total. The molecule has 3 unspecified atom stereocenters. The summed E-state index contributed by atoms with van der Waals surface area (Å²) in [7, 11) is 0. The Hall–Kier alpha value is -1.20. The van der Waals surface area contributed by atoms with Gasteiger partial charge in [0.1, 0.15) is 6.10 Å². The van der Waals surface area contributed by atoms with Crippen molar-refractivity contribution in [2.75, 3.05) is 6.61 Å². The third-order valence-corrected chi connectivity index (χ3v) is 3.11. The Morgan fingerprint density at radius 1 is 1.38 bits per heavy atom. The molecule has 0 aromatic carbocycles. The van der Waals surface area contributed by atoms with Gasteiger partial charge in [-0.15, -0.1) is 0 Å². The third-order valence-electron chi connectivity index (χ3n) is 3.11. The number of hydrogen-bond acceptors (Lipinski definition) is 5. The second kappa shape index (κ2) is 3.99. The first-order valence-electron chi connectivity index (χ1n) is 5.72. The van der Waals surface area contributed by atoms with Crippen LogP contribution in [0.1, 0.15) is 43.0 Å². The number of rotatable bonds is 2. The minimum atomic E-state index is 0.0246. The highest BCUT2D eigenvalue weighted by molar-refractivity contribution is 5.15. The lowest BCUT2D eigenvalue weighted by molar-refractivity contribution is 0.103. The van der Waals surface area contributed by atoms with Crippen molar-refractivity contribution in [1.82, 2.24) is 10.1 Å². The van der Waals surface area contributed by atoms with Gasteiger partial charge in [0.05, 0.1) is 5.92 Å². The van der Waals surface area contributed by atoms with Gasteiger partial charge in [0, 0.05) is 12.6 Å². The standard InChI is InChI=1S/C11H15N3O2/c12-8-4-3-7(6-8)11-13-10(14-16-11)9-2-1-5-15-9/h3-4,7-9H,1-2,5-6,12H2. The predicted octanol–water partition coefficient (Wildman–Crippen LogP) is 1.29. The van der Waals surface area contributed by atoms with Crippen LogP contribution in [-0.4, -0.2) is 22.8 Å². The molecule has 5 heteroatoms. The van der Waals surface area contributed by atoms with E-state index in [0.29, 0.717) is 11.7 Å². The number of nitrogens with zero attached hydrogens (tertiary/aromatic N) is 2. The summed E-state index contributed by atoms with van der Waals surface area (Å²) in [5.74, 6) is 1.52. The van der Waals surface area contributed by atoms with Crippen molar-refractivity contribution < 1.29 is 9.26 Å². The monoisotopic (exact) mass is 221 g/mol. The van der Waals surface area contributed by atoms with Crippen LogP contribution >= 0.6 is 0 Å². The molecule has 1 fully saturated rings. The molecule has 2 aliphatic rings. The Kier molecular flexibility index (Phi) is 2.49. The fraction of sp³-hybridized carbons (Fsp3) is 0.636. The molecule has 86 valence electrons. The molecule has 2 heterocycles. The Bertz CT molecular complexity index is 396. The topological polar surface area (TPSA) is 74.2 Å². The summed E-state index contributed by atoms with van der Waals surface area (Å²) in [6, 6.07) is 0.114. The molecule has 1 aliphatic heterocycles. The van der Waals surface area contributed by atoms with Crippen molar-refractivity contribution >= 4 is 0 Å². The molecule has 0 bridgehead atoms. The first kappa shape index (κ1) is 9.99. The predicted molar refractivity (Wildman–Crippen MR) is 56.7 cm³/mol. The summed E-state index contributed by atoms with van der Waals surface area (Å²) in [6.07, 6.45) is 6.96. The van der Waals surface area contributed by atoms with Crippen LogP contribution in [-0.2, 0) is 4.74 Å². The first-order chi connectivity index (χ1) is 7.83. The summed E-state index contributed by atoms with van der Waals surface area (Å²) < 4.78 is 10.8. The zero-order chi connectivity index (χ0) is 11.0. The van der Waals surface area contributed by atoms with Gasteiger partial charge >= 0.3 is 0 Å². The molecule has 2 N–H and O–H groups in total. The van der Waals surface area contributed by atoms with Crippen LogP contribution in [0, 0.1) is 0 Å². The van der Waals surface area contributed by atoms with E-state index in [4.69, 9.17) is 15.0 Å². The maximum atomic E-state index is 5.79. The first-order valence-corrected chi connectivity index (χ1v) is 5.72. The zero-order valence-corrected chi connectivity index (χ0v) is 9.00. The number of allylic oxidation sites excluding steroid dienone is 1. The van der Waals surface area contributed by atoms with Crippen LogP contribution in [0.4, 0.5) is 0 Å². The van der Waals surface area contributed by atoms with E-state index in [1.807, 2.05) is 12.2 Å². The van der Waals surface area contributed by atoms with Crippen molar-refractivity contribution in [3.63, 3.8) is 0 Å². The average Bonchev–Trinajstić information content (AvgIpc) is 2.97. The molecule has 3 rings (SSSR count). The highest BCUT2D eigenvalue weighted by Gasteiger charge is 2.27. The van der Waals surface area contributed by atoms with Gasteiger partial charge in [-0.1, -0.05) is 17.3 Å². The Labute approximate surface area is 93.7 Å². The number of aromatic nitrogens is 2. The van der Waals surface area contributed by atoms with Gasteiger partial charge in [0.2, 0.25) is 11.7 Å². The minimum absolute atomic E-state index is 0.0246. The van der Waals surface area contributed by atoms with Crippen molar-refractivity contribution in [2.45, 2.75) is 37.3 Å². The van der Waals surface area contributed by atoms with Gasteiger partial charge < -0.3 is 15.0 Å². The van der Waals surface area contributed by atoms with Gasteiger partial charge in [0.25, 0.3) is 0 Å². The van der Waals surface area contributed by atoms with Crippen LogP contribution in [0.5, 0.6) is 0 Å². The molecule has 3 atom stereocenters. The van der Waals surface area contributed by atoms with Gasteiger partial charge in [-0.25, -0.2) is 0 Å². The lowest BCUT2D eigenvalue weighted by Crippen LogP contribution is -2.14. The molecular formula is C11H15N3O2. The molecule has 1 aromatic heterocycles. The van der Waals surface area contributed by atoms with E-state index in [0.717, 1.165) is 25.9 Å². The zero-order valence-electron chi connectivity index (χ0n) is 9.00. The summed E-state index contributed by atoms with van der Waals surface area (Å²) in [4.78, 5) is 4.40. The molecule has 1 saturated heterocycles. The average molecular weight is 221 g/mol. The fourth-order valence-corrected chi connectivity index (χ4v) is 2.22. The summed E-state index contributed by atoms with van der Waals surface area (Å²) in [5.41, 5.74) is 5.79. The quantitative estimate of drug-likeness (QED) is 0.762. The molecule has 0 saturated carbocycles. The number of ether oxygens (including phenoxy) is 1. The van der Waals surface area contributed by atoms with Crippen LogP contribution in [0.3, 0.4) is 0 Å². The number of hydrogen-bond donors (Lipinski definition) is 1. The van der Waals surface area contributed by atoms with E-state index in [1.165, 1.54) is 0 Å². The van der Waals surface area contributed by atoms with Crippen LogP contribution in [0.25, 0.3) is 0 Å². The smallest absolute Gasteiger partial charge is 0.233 e. The highest BCUT2D eigenvalue weighted by atomic mass is 16.5. The summed E-state index contributed by atoms with van der Waals surface area (Å²) >= 11 is 0. The van der Waals surface area contributed by atoms with E-state index >= 15 is 0 Å². The molecular weight excluding hydrogens is 206 g/mol. The minimum Gasteiger partial charge on any atom is -0.370 e. The van der Waals surface area contributed by atoms with Gasteiger partial charge in [-0.05, 0) is 19.3 Å². The van der Waals surface area contributed by atoms with Crippen molar-refractivity contribution in [3.05, 3.63) is 23.9 Å². The number of nitrogens with two attached hydrogens (primary N) is 1. The Morgan fingerprint density at radius 3 is 3.00 bits per heavy atom. The maximum absolute atomic E-state index is 5.79. The molecule has 0 spiro atoms. The Morgan fingerprint density at radius 2 is 2.31 bits per heavy atom. The van der Waals surface area contributed by atoms with Crippen LogP contribution in [0.15, 0.2) is 16.7 Å². The summed E-state index contributed by atoms with van der Waals surface area (Å²) in [5, 5.41) is 3.98. The van der Waals surface area contributed by atoms with Crippen molar-refractivity contribution in [3.8, 4) is 0 Å². The lowest BCUT2D eigenvalue weighted by Gasteiger charge is -2.03. The molecule has 1 aliphatic carbocycles. The van der Waals surface area contributed by atoms with Gasteiger partial charge in [-0.2, -0.15) is 4.98 Å². The van der Waals surface area contributed by atoms with Crippen molar-refractivity contribution in [2.24, 2.45) is 5.73 Å². The van der Waals surface area contributed by atoms with Crippen LogP contribution < -0.4 is 5.73 Å². The lowest BCUT2D eigenvalue weighted by atomic mass is 10.1. The van der Waals surface area contributed by atoms with Crippen molar-refractivity contribution in [1.29, 1.82) is 0 Å². The highest BCUT2D eigenvalue weighted by Crippen LogP contribution is 2.30. The molecule has 0 radical (unpaired) electrons. The fourth-order valence-electron chi connectivity index (χ4n) is 2.22. The third kappa shape index (κ3) is 1.76. The van der Waals surface area contributed by atoms with E-state index in [1.54, 1.807) is 0 Å². The van der Waals surface area contributed by atoms with E-state index in [-0.39, 0.29) is 18.1 Å². The maximum Gasteiger partial charge on any atom is 0.233 e. The normalized spacial score (nSPS) is 33.7. The second-order valence-corrected chi connectivity index (χ2v) is 4.38. The van der Waals surface area contributed by atoms with E-state index in [2.05, 4.69) is 10.1 Å². The van der Waals surface area contributed by atoms with Gasteiger partial charge in [-0.3, -0.25) is 0 Å². The molecule has 16 heavy (non-hydrogen) atoms. The summed E-state index contributed by atoms with van der Waals surface area (Å²) in [6.45, 7) is 0.794. The molecule has 1 aromatic rings.